The summed E-state index contributed by atoms with van der Waals surface area (Å²) >= 11 is 25.7. The maximum absolute atomic E-state index is 14.6. The minimum atomic E-state index is -4.32. The van der Waals surface area contributed by atoms with Crippen LogP contribution in [0.4, 0.5) is 5.69 Å². The third-order valence-electron chi connectivity index (χ3n) is 7.41. The molecule has 4 aromatic carbocycles. The Bertz CT molecular complexity index is 1740. The number of rotatable bonds is 13. The van der Waals surface area contributed by atoms with Crippen molar-refractivity contribution in [1.29, 1.82) is 0 Å². The van der Waals surface area contributed by atoms with Crippen LogP contribution in [0.15, 0.2) is 102 Å². The fourth-order valence-electron chi connectivity index (χ4n) is 4.78. The molecule has 1 N–H and O–H groups in total. The average molecular weight is 722 g/mol. The number of amides is 2. The van der Waals surface area contributed by atoms with Crippen molar-refractivity contribution < 1.29 is 18.0 Å². The van der Waals surface area contributed by atoms with E-state index in [4.69, 9.17) is 46.4 Å². The predicted octanol–water partition coefficient (Wildman–Crippen LogP) is 8.05. The number of nitrogens with zero attached hydrogens (tertiary/aromatic N) is 2. The Kier molecular flexibility index (Phi) is 12.4. The molecule has 0 spiro atoms. The van der Waals surface area contributed by atoms with E-state index in [9.17, 15) is 18.0 Å². The van der Waals surface area contributed by atoms with Gasteiger partial charge >= 0.3 is 0 Å². The summed E-state index contributed by atoms with van der Waals surface area (Å²) in [5.41, 5.74) is 1.29. The third kappa shape index (κ3) is 8.96. The number of anilines is 1. The van der Waals surface area contributed by atoms with E-state index in [-0.39, 0.29) is 39.6 Å². The van der Waals surface area contributed by atoms with Crippen molar-refractivity contribution in [1.82, 2.24) is 10.2 Å². The second-order valence-corrected chi connectivity index (χ2v) is 14.2. The van der Waals surface area contributed by atoms with E-state index in [0.29, 0.717) is 22.0 Å². The van der Waals surface area contributed by atoms with Crippen molar-refractivity contribution in [2.24, 2.45) is 0 Å². The largest absolute Gasteiger partial charge is 0.352 e. The number of hydrogen-bond donors (Lipinski definition) is 1. The number of carbonyl (C=O) groups excluding carboxylic acids is 2. The molecular weight excluding hydrogens is 688 g/mol. The van der Waals surface area contributed by atoms with Crippen molar-refractivity contribution in [3.63, 3.8) is 0 Å². The monoisotopic (exact) mass is 719 g/mol. The standard InChI is InChI=1S/C34H33Cl4N3O4S/c1-3-23(2)39-34(43)32(17-24-11-6-4-7-12-24)40(21-29-30(37)15-10-16-31(29)38)33(42)22-41(27-19-25(35)18-26(36)20-27)46(44,45)28-13-8-5-9-14-28/h4-16,18-20,23,32H,3,17,21-22H2,1-2H3,(H,39,43)/t23-,32-/m1/s1. The lowest BCUT2D eigenvalue weighted by Gasteiger charge is -2.34. The van der Waals surface area contributed by atoms with E-state index >= 15 is 0 Å². The van der Waals surface area contributed by atoms with E-state index in [0.717, 1.165) is 9.87 Å². The molecule has 0 radical (unpaired) electrons. The van der Waals surface area contributed by atoms with E-state index in [2.05, 4.69) is 5.32 Å². The highest BCUT2D eigenvalue weighted by Crippen LogP contribution is 2.31. The topological polar surface area (TPSA) is 86.8 Å². The smallest absolute Gasteiger partial charge is 0.264 e. The normalized spacial score (nSPS) is 12.7. The van der Waals surface area contributed by atoms with Gasteiger partial charge in [0.1, 0.15) is 12.6 Å². The third-order valence-corrected chi connectivity index (χ3v) is 10.3. The SMILES string of the molecule is CC[C@@H](C)NC(=O)[C@@H](Cc1ccccc1)N(Cc1c(Cl)cccc1Cl)C(=O)CN(c1cc(Cl)cc(Cl)c1)S(=O)(=O)c1ccccc1. The van der Waals surface area contributed by atoms with Gasteiger partial charge in [0.05, 0.1) is 10.6 Å². The number of benzene rings is 4. The minimum Gasteiger partial charge on any atom is -0.352 e. The van der Waals surface area contributed by atoms with Crippen LogP contribution in [0.3, 0.4) is 0 Å². The molecule has 46 heavy (non-hydrogen) atoms. The predicted molar refractivity (Wildman–Crippen MR) is 186 cm³/mol. The summed E-state index contributed by atoms with van der Waals surface area (Å²) in [6.45, 7) is 2.95. The van der Waals surface area contributed by atoms with Crippen LogP contribution in [-0.2, 0) is 32.6 Å². The summed E-state index contributed by atoms with van der Waals surface area (Å²) in [5.74, 6) is -1.08. The zero-order valence-electron chi connectivity index (χ0n) is 25.2. The maximum Gasteiger partial charge on any atom is 0.264 e. The van der Waals surface area contributed by atoms with Gasteiger partial charge in [-0.3, -0.25) is 13.9 Å². The molecule has 0 fully saturated rings. The first kappa shape index (κ1) is 35.6. The molecule has 4 aromatic rings. The Morgan fingerprint density at radius 2 is 1.37 bits per heavy atom. The maximum atomic E-state index is 14.6. The molecule has 2 amide bonds. The van der Waals surface area contributed by atoms with E-state index in [1.807, 2.05) is 44.2 Å². The number of hydrogen-bond acceptors (Lipinski definition) is 4. The fourth-order valence-corrected chi connectivity index (χ4v) is 7.23. The zero-order chi connectivity index (χ0) is 33.4. The van der Waals surface area contributed by atoms with Crippen LogP contribution in [0.1, 0.15) is 31.4 Å². The van der Waals surface area contributed by atoms with Crippen LogP contribution in [0.2, 0.25) is 20.1 Å². The molecule has 2 atom stereocenters. The Hall–Kier alpha value is -3.27. The first-order chi connectivity index (χ1) is 21.9. The molecule has 0 aliphatic rings. The van der Waals surface area contributed by atoms with Crippen LogP contribution in [0, 0.1) is 0 Å². The first-order valence-electron chi connectivity index (χ1n) is 14.5. The molecule has 0 heterocycles. The second-order valence-electron chi connectivity index (χ2n) is 10.7. The highest BCUT2D eigenvalue weighted by atomic mass is 35.5. The van der Waals surface area contributed by atoms with Crippen LogP contribution < -0.4 is 9.62 Å². The summed E-state index contributed by atoms with van der Waals surface area (Å²) in [6, 6.07) is 24.9. The molecule has 0 aliphatic carbocycles. The lowest BCUT2D eigenvalue weighted by Crippen LogP contribution is -2.54. The van der Waals surface area contributed by atoms with E-state index < -0.39 is 34.4 Å². The van der Waals surface area contributed by atoms with E-state index in [1.54, 1.807) is 36.4 Å². The molecule has 0 aliphatic heterocycles. The number of halogens is 4. The van der Waals surface area contributed by atoms with Gasteiger partial charge in [0.15, 0.2) is 0 Å². The van der Waals surface area contributed by atoms with Gasteiger partial charge in [0, 0.05) is 44.7 Å². The van der Waals surface area contributed by atoms with Crippen LogP contribution in [0.25, 0.3) is 0 Å². The minimum absolute atomic E-state index is 0.0463. The van der Waals surface area contributed by atoms with Crippen LogP contribution >= 0.6 is 46.4 Å². The molecule has 7 nitrogen and oxygen atoms in total. The Morgan fingerprint density at radius 1 is 0.804 bits per heavy atom. The van der Waals surface area contributed by atoms with Gasteiger partial charge in [-0.1, -0.05) is 108 Å². The molecule has 0 saturated carbocycles. The van der Waals surface area contributed by atoms with Crippen molar-refractivity contribution in [2.75, 3.05) is 10.8 Å². The Balaban J connectivity index is 1.86. The second kappa shape index (κ2) is 16.0. The summed E-state index contributed by atoms with van der Waals surface area (Å²) in [6.07, 6.45) is 0.804. The van der Waals surface area contributed by atoms with Crippen molar-refractivity contribution in [2.45, 2.75) is 50.2 Å². The molecule has 242 valence electrons. The quantitative estimate of drug-likeness (QED) is 0.152. The first-order valence-corrected chi connectivity index (χ1v) is 17.5. The molecule has 0 aromatic heterocycles. The van der Waals surface area contributed by atoms with Gasteiger partial charge in [-0.15, -0.1) is 0 Å². The van der Waals surface area contributed by atoms with Crippen LogP contribution in [-0.4, -0.2) is 43.8 Å². The van der Waals surface area contributed by atoms with Gasteiger partial charge in [-0.25, -0.2) is 8.42 Å². The van der Waals surface area contributed by atoms with Crippen molar-refractivity contribution in [3.05, 3.63) is 128 Å². The fraction of sp³-hybridized carbons (Fsp3) is 0.235. The lowest BCUT2D eigenvalue weighted by atomic mass is 10.0. The number of sulfonamides is 1. The molecule has 4 rings (SSSR count). The summed E-state index contributed by atoms with van der Waals surface area (Å²) in [5, 5.41) is 3.93. The van der Waals surface area contributed by atoms with E-state index in [1.165, 1.54) is 35.2 Å². The molecular formula is C34H33Cl4N3O4S. The average Bonchev–Trinajstić information content (AvgIpc) is 3.02. The van der Waals surface area contributed by atoms with Crippen molar-refractivity contribution in [3.8, 4) is 0 Å². The Morgan fingerprint density at radius 3 is 1.93 bits per heavy atom. The molecule has 12 heteroatoms. The summed E-state index contributed by atoms with van der Waals surface area (Å²) in [7, 11) is -4.32. The van der Waals surface area contributed by atoms with Crippen molar-refractivity contribution >= 4 is 73.9 Å². The van der Waals surface area contributed by atoms with Crippen LogP contribution in [0.5, 0.6) is 0 Å². The molecule has 0 bridgehead atoms. The van der Waals surface area contributed by atoms with Gasteiger partial charge in [0.25, 0.3) is 10.0 Å². The van der Waals surface area contributed by atoms with Gasteiger partial charge in [-0.05, 0) is 61.4 Å². The summed E-state index contributed by atoms with van der Waals surface area (Å²) in [4.78, 5) is 29.8. The van der Waals surface area contributed by atoms with Gasteiger partial charge in [0.2, 0.25) is 11.8 Å². The molecule has 0 saturated heterocycles. The van der Waals surface area contributed by atoms with Gasteiger partial charge < -0.3 is 10.2 Å². The number of carbonyl (C=O) groups is 2. The summed E-state index contributed by atoms with van der Waals surface area (Å²) < 4.78 is 29.2. The zero-order valence-corrected chi connectivity index (χ0v) is 29.0. The highest BCUT2D eigenvalue weighted by molar-refractivity contribution is 7.92. The number of nitrogens with one attached hydrogen (secondary N) is 1. The Labute approximate surface area is 290 Å². The molecule has 0 unspecified atom stereocenters. The highest BCUT2D eigenvalue weighted by Gasteiger charge is 2.35. The van der Waals surface area contributed by atoms with Gasteiger partial charge in [-0.2, -0.15) is 0 Å². The lowest BCUT2D eigenvalue weighted by molar-refractivity contribution is -0.140.